The predicted octanol–water partition coefficient (Wildman–Crippen LogP) is 0.173. The van der Waals surface area contributed by atoms with Crippen molar-refractivity contribution in [1.29, 1.82) is 0 Å². The summed E-state index contributed by atoms with van der Waals surface area (Å²) in [5.41, 5.74) is 0. The standard InChI is InChI=1S/C10H16N4O2/c1-7(15)12-6-9-13-10(14-16-9)8-2-4-11-5-3-8/h8,11H,2-6H2,1H3,(H,12,15). The fourth-order valence-corrected chi connectivity index (χ4v) is 1.79. The second-order valence-electron chi connectivity index (χ2n) is 3.98. The molecule has 0 atom stereocenters. The van der Waals surface area contributed by atoms with E-state index in [4.69, 9.17) is 4.52 Å². The van der Waals surface area contributed by atoms with E-state index in [9.17, 15) is 4.79 Å². The molecule has 1 aliphatic heterocycles. The topological polar surface area (TPSA) is 80.0 Å². The molecule has 0 unspecified atom stereocenters. The van der Waals surface area contributed by atoms with Gasteiger partial charge in [0, 0.05) is 12.8 Å². The Morgan fingerprint density at radius 3 is 3.00 bits per heavy atom. The quantitative estimate of drug-likeness (QED) is 0.765. The Bertz CT molecular complexity index is 357. The van der Waals surface area contributed by atoms with Crippen LogP contribution in [0.4, 0.5) is 0 Å². The van der Waals surface area contributed by atoms with Crippen molar-refractivity contribution >= 4 is 5.91 Å². The van der Waals surface area contributed by atoms with E-state index in [1.54, 1.807) is 0 Å². The van der Waals surface area contributed by atoms with E-state index in [0.717, 1.165) is 31.8 Å². The van der Waals surface area contributed by atoms with Crippen molar-refractivity contribution in [2.24, 2.45) is 0 Å². The molecule has 1 amide bonds. The van der Waals surface area contributed by atoms with Crippen molar-refractivity contribution < 1.29 is 9.32 Å². The Labute approximate surface area is 93.8 Å². The highest BCUT2D eigenvalue weighted by Gasteiger charge is 2.20. The van der Waals surface area contributed by atoms with Gasteiger partial charge in [-0.1, -0.05) is 5.16 Å². The second-order valence-corrected chi connectivity index (χ2v) is 3.98. The maximum absolute atomic E-state index is 10.7. The minimum Gasteiger partial charge on any atom is -0.347 e. The molecule has 16 heavy (non-hydrogen) atoms. The van der Waals surface area contributed by atoms with E-state index < -0.39 is 0 Å². The third-order valence-electron chi connectivity index (χ3n) is 2.68. The van der Waals surface area contributed by atoms with Gasteiger partial charge >= 0.3 is 0 Å². The van der Waals surface area contributed by atoms with Gasteiger partial charge in [-0.05, 0) is 25.9 Å². The summed E-state index contributed by atoms with van der Waals surface area (Å²) in [4.78, 5) is 15.0. The Kier molecular flexibility index (Phi) is 3.51. The Balaban J connectivity index is 1.93. The Morgan fingerprint density at radius 2 is 2.31 bits per heavy atom. The Hall–Kier alpha value is -1.43. The monoisotopic (exact) mass is 224 g/mol. The van der Waals surface area contributed by atoms with Gasteiger partial charge in [0.25, 0.3) is 0 Å². The number of piperidine rings is 1. The molecule has 1 aromatic heterocycles. The van der Waals surface area contributed by atoms with Crippen molar-refractivity contribution in [1.82, 2.24) is 20.8 Å². The van der Waals surface area contributed by atoms with Crippen LogP contribution in [-0.2, 0) is 11.3 Å². The molecule has 1 aromatic rings. The smallest absolute Gasteiger partial charge is 0.246 e. The zero-order valence-corrected chi connectivity index (χ0v) is 9.32. The minimum absolute atomic E-state index is 0.0957. The summed E-state index contributed by atoms with van der Waals surface area (Å²) in [7, 11) is 0. The third-order valence-corrected chi connectivity index (χ3v) is 2.68. The number of hydrogen-bond donors (Lipinski definition) is 2. The summed E-state index contributed by atoms with van der Waals surface area (Å²) in [5, 5.41) is 9.87. The molecular weight excluding hydrogens is 208 g/mol. The predicted molar refractivity (Wildman–Crippen MR) is 56.7 cm³/mol. The first-order chi connectivity index (χ1) is 7.75. The summed E-state index contributed by atoms with van der Waals surface area (Å²) in [6.45, 7) is 3.78. The summed E-state index contributed by atoms with van der Waals surface area (Å²) in [6.07, 6.45) is 2.08. The average molecular weight is 224 g/mol. The van der Waals surface area contributed by atoms with Crippen molar-refractivity contribution in [2.45, 2.75) is 32.2 Å². The highest BCUT2D eigenvalue weighted by Crippen LogP contribution is 2.22. The van der Waals surface area contributed by atoms with E-state index in [0.29, 0.717) is 18.4 Å². The summed E-state index contributed by atoms with van der Waals surface area (Å²) in [6, 6.07) is 0. The van der Waals surface area contributed by atoms with Crippen LogP contribution in [0.5, 0.6) is 0 Å². The number of hydrogen-bond acceptors (Lipinski definition) is 5. The fourth-order valence-electron chi connectivity index (χ4n) is 1.79. The van der Waals surface area contributed by atoms with Gasteiger partial charge in [0.1, 0.15) is 0 Å². The molecule has 6 heteroatoms. The normalized spacial score (nSPS) is 17.3. The van der Waals surface area contributed by atoms with Gasteiger partial charge in [0.05, 0.1) is 6.54 Å². The number of amides is 1. The zero-order chi connectivity index (χ0) is 11.4. The molecule has 2 rings (SSSR count). The van der Waals surface area contributed by atoms with Crippen molar-refractivity contribution in [3.05, 3.63) is 11.7 Å². The van der Waals surface area contributed by atoms with Gasteiger partial charge in [-0.3, -0.25) is 4.79 Å². The zero-order valence-electron chi connectivity index (χ0n) is 9.32. The van der Waals surface area contributed by atoms with Crippen LogP contribution in [0.1, 0.15) is 37.4 Å². The first-order valence-corrected chi connectivity index (χ1v) is 5.53. The van der Waals surface area contributed by atoms with E-state index >= 15 is 0 Å². The van der Waals surface area contributed by atoms with E-state index in [-0.39, 0.29) is 5.91 Å². The van der Waals surface area contributed by atoms with Gasteiger partial charge in [0.15, 0.2) is 5.82 Å². The first kappa shape index (κ1) is 11.1. The molecule has 0 aromatic carbocycles. The lowest BCUT2D eigenvalue weighted by Crippen LogP contribution is -2.27. The van der Waals surface area contributed by atoms with Crippen LogP contribution in [0.15, 0.2) is 4.52 Å². The molecule has 0 saturated carbocycles. The molecular formula is C10H16N4O2. The molecule has 2 N–H and O–H groups in total. The lowest BCUT2D eigenvalue weighted by Gasteiger charge is -2.18. The molecule has 1 fully saturated rings. The largest absolute Gasteiger partial charge is 0.347 e. The molecule has 1 saturated heterocycles. The van der Waals surface area contributed by atoms with E-state index in [1.807, 2.05) is 0 Å². The van der Waals surface area contributed by atoms with Gasteiger partial charge in [-0.25, -0.2) is 0 Å². The average Bonchev–Trinajstić information content (AvgIpc) is 2.76. The van der Waals surface area contributed by atoms with Crippen LogP contribution in [0.2, 0.25) is 0 Å². The van der Waals surface area contributed by atoms with Crippen LogP contribution in [-0.4, -0.2) is 29.1 Å². The number of aromatic nitrogens is 2. The van der Waals surface area contributed by atoms with Gasteiger partial charge < -0.3 is 15.2 Å². The Morgan fingerprint density at radius 1 is 1.56 bits per heavy atom. The number of carbonyl (C=O) groups excluding carboxylic acids is 1. The molecule has 6 nitrogen and oxygen atoms in total. The maximum atomic E-state index is 10.7. The first-order valence-electron chi connectivity index (χ1n) is 5.53. The van der Waals surface area contributed by atoms with E-state index in [2.05, 4.69) is 20.8 Å². The van der Waals surface area contributed by atoms with Crippen LogP contribution >= 0.6 is 0 Å². The molecule has 1 aliphatic rings. The van der Waals surface area contributed by atoms with Crippen LogP contribution in [0.25, 0.3) is 0 Å². The molecule has 0 aliphatic carbocycles. The third kappa shape index (κ3) is 2.79. The fraction of sp³-hybridized carbons (Fsp3) is 0.700. The number of carbonyl (C=O) groups is 1. The summed E-state index contributed by atoms with van der Waals surface area (Å²) < 4.78 is 5.07. The molecule has 0 spiro atoms. The number of nitrogens with zero attached hydrogens (tertiary/aromatic N) is 2. The molecule has 0 bridgehead atoms. The van der Waals surface area contributed by atoms with Crippen LogP contribution < -0.4 is 10.6 Å². The number of nitrogens with one attached hydrogen (secondary N) is 2. The lowest BCUT2D eigenvalue weighted by atomic mass is 9.98. The SMILES string of the molecule is CC(=O)NCc1nc(C2CCNCC2)no1. The minimum atomic E-state index is -0.0957. The van der Waals surface area contributed by atoms with Crippen molar-refractivity contribution in [3.8, 4) is 0 Å². The van der Waals surface area contributed by atoms with Crippen molar-refractivity contribution in [3.63, 3.8) is 0 Å². The number of rotatable bonds is 3. The highest BCUT2D eigenvalue weighted by molar-refractivity contribution is 5.72. The molecule has 0 radical (unpaired) electrons. The van der Waals surface area contributed by atoms with E-state index in [1.165, 1.54) is 6.92 Å². The lowest BCUT2D eigenvalue weighted by molar-refractivity contribution is -0.119. The maximum Gasteiger partial charge on any atom is 0.246 e. The summed E-state index contributed by atoms with van der Waals surface area (Å²) in [5.74, 6) is 1.53. The van der Waals surface area contributed by atoms with Gasteiger partial charge in [-0.15, -0.1) is 0 Å². The molecule has 88 valence electrons. The van der Waals surface area contributed by atoms with Gasteiger partial charge in [-0.2, -0.15) is 4.98 Å². The summed E-state index contributed by atoms with van der Waals surface area (Å²) >= 11 is 0. The molecule has 2 heterocycles. The second kappa shape index (κ2) is 5.07. The van der Waals surface area contributed by atoms with Gasteiger partial charge in [0.2, 0.25) is 11.8 Å². The van der Waals surface area contributed by atoms with Crippen molar-refractivity contribution in [2.75, 3.05) is 13.1 Å². The highest BCUT2D eigenvalue weighted by atomic mass is 16.5. The van der Waals surface area contributed by atoms with Crippen LogP contribution in [0, 0.1) is 0 Å². The van der Waals surface area contributed by atoms with Crippen LogP contribution in [0.3, 0.4) is 0 Å².